The van der Waals surface area contributed by atoms with E-state index < -0.39 is 0 Å². The number of hydrogen-bond donors (Lipinski definition) is 2. The molecule has 2 aromatic rings. The van der Waals surface area contributed by atoms with Crippen molar-refractivity contribution in [2.24, 2.45) is 0 Å². The quantitative estimate of drug-likeness (QED) is 0.768. The summed E-state index contributed by atoms with van der Waals surface area (Å²) in [7, 11) is 0. The van der Waals surface area contributed by atoms with Crippen LogP contribution in [0.4, 0.5) is 5.69 Å². The number of anilines is 1. The summed E-state index contributed by atoms with van der Waals surface area (Å²) in [6.45, 7) is 9.11. The number of aryl methyl sites for hydroxylation is 1. The molecule has 3 nitrogen and oxygen atoms in total. The Labute approximate surface area is 145 Å². The van der Waals surface area contributed by atoms with Crippen LogP contribution in [-0.2, 0) is 4.79 Å². The highest BCUT2D eigenvalue weighted by Gasteiger charge is 2.12. The zero-order chi connectivity index (χ0) is 17.5. The summed E-state index contributed by atoms with van der Waals surface area (Å²) < 4.78 is 0. The van der Waals surface area contributed by atoms with Crippen LogP contribution in [0.1, 0.15) is 55.8 Å². The lowest BCUT2D eigenvalue weighted by Gasteiger charge is -2.17. The number of hydrogen-bond acceptors (Lipinski definition) is 2. The molecular formula is C21H28N2O. The van der Waals surface area contributed by atoms with Gasteiger partial charge in [0.05, 0.1) is 0 Å². The van der Waals surface area contributed by atoms with Crippen molar-refractivity contribution in [3.05, 3.63) is 65.2 Å². The van der Waals surface area contributed by atoms with Gasteiger partial charge in [-0.25, -0.2) is 0 Å². The fourth-order valence-corrected chi connectivity index (χ4v) is 2.81. The largest absolute Gasteiger partial charge is 0.326 e. The molecule has 2 rings (SSSR count). The fraction of sp³-hybridized carbons (Fsp3) is 0.381. The standard InChI is InChI=1S/C21H28N2O/c1-15(2)19-12-8-9-16(3)21(19)23-20(24)13-14-22-17(4)18-10-6-5-7-11-18/h5-12,15,17,22H,13-14H2,1-4H3,(H,23,24). The van der Waals surface area contributed by atoms with E-state index >= 15 is 0 Å². The van der Waals surface area contributed by atoms with Crippen molar-refractivity contribution in [1.82, 2.24) is 5.32 Å². The number of carbonyl (C=O) groups is 1. The Bertz CT molecular complexity index is 665. The number of nitrogens with one attached hydrogen (secondary N) is 2. The molecule has 0 radical (unpaired) electrons. The van der Waals surface area contributed by atoms with Crippen LogP contribution in [-0.4, -0.2) is 12.5 Å². The van der Waals surface area contributed by atoms with Gasteiger partial charge in [-0.3, -0.25) is 4.79 Å². The van der Waals surface area contributed by atoms with Crippen LogP contribution in [0.15, 0.2) is 48.5 Å². The molecule has 24 heavy (non-hydrogen) atoms. The average Bonchev–Trinajstić information content (AvgIpc) is 2.57. The van der Waals surface area contributed by atoms with Crippen molar-refractivity contribution in [3.63, 3.8) is 0 Å². The first-order valence-corrected chi connectivity index (χ1v) is 8.66. The van der Waals surface area contributed by atoms with Crippen LogP contribution < -0.4 is 10.6 Å². The molecule has 0 aliphatic carbocycles. The van der Waals surface area contributed by atoms with Gasteiger partial charge in [0, 0.05) is 24.7 Å². The average molecular weight is 324 g/mol. The zero-order valence-electron chi connectivity index (χ0n) is 15.1. The van der Waals surface area contributed by atoms with Gasteiger partial charge in [-0.15, -0.1) is 0 Å². The summed E-state index contributed by atoms with van der Waals surface area (Å²) >= 11 is 0. The van der Waals surface area contributed by atoms with Crippen molar-refractivity contribution in [2.75, 3.05) is 11.9 Å². The summed E-state index contributed by atoms with van der Waals surface area (Å²) in [5, 5.41) is 6.50. The van der Waals surface area contributed by atoms with Crippen LogP contribution in [0, 0.1) is 6.92 Å². The first kappa shape index (κ1) is 18.2. The lowest BCUT2D eigenvalue weighted by molar-refractivity contribution is -0.116. The summed E-state index contributed by atoms with van der Waals surface area (Å²) in [6.07, 6.45) is 0.461. The van der Waals surface area contributed by atoms with Gasteiger partial charge in [-0.05, 0) is 36.5 Å². The van der Waals surface area contributed by atoms with Gasteiger partial charge >= 0.3 is 0 Å². The summed E-state index contributed by atoms with van der Waals surface area (Å²) in [4.78, 5) is 12.3. The van der Waals surface area contributed by atoms with Crippen molar-refractivity contribution < 1.29 is 4.79 Å². The van der Waals surface area contributed by atoms with Crippen molar-refractivity contribution in [3.8, 4) is 0 Å². The third kappa shape index (κ3) is 4.93. The molecule has 0 heterocycles. The maximum atomic E-state index is 12.3. The maximum Gasteiger partial charge on any atom is 0.225 e. The van der Waals surface area contributed by atoms with E-state index in [1.807, 2.05) is 37.3 Å². The lowest BCUT2D eigenvalue weighted by Crippen LogP contribution is -2.24. The lowest BCUT2D eigenvalue weighted by atomic mass is 9.98. The minimum absolute atomic E-state index is 0.0546. The first-order valence-electron chi connectivity index (χ1n) is 8.66. The van der Waals surface area contributed by atoms with Crippen LogP contribution in [0.2, 0.25) is 0 Å². The van der Waals surface area contributed by atoms with Crippen LogP contribution in [0.3, 0.4) is 0 Å². The molecule has 0 spiro atoms. The van der Waals surface area contributed by atoms with Gasteiger partial charge in [0.1, 0.15) is 0 Å². The molecule has 1 unspecified atom stereocenters. The molecule has 0 bridgehead atoms. The highest BCUT2D eigenvalue weighted by molar-refractivity contribution is 5.92. The molecule has 2 N–H and O–H groups in total. The second-order valence-electron chi connectivity index (χ2n) is 6.58. The minimum atomic E-state index is 0.0546. The predicted octanol–water partition coefficient (Wildman–Crippen LogP) is 4.80. The van der Waals surface area contributed by atoms with E-state index in [1.54, 1.807) is 0 Å². The second kappa shape index (κ2) is 8.65. The number of para-hydroxylation sites is 1. The first-order chi connectivity index (χ1) is 11.5. The van der Waals surface area contributed by atoms with Crippen LogP contribution >= 0.6 is 0 Å². The summed E-state index contributed by atoms with van der Waals surface area (Å²) in [5.74, 6) is 0.440. The third-order valence-corrected chi connectivity index (χ3v) is 4.29. The van der Waals surface area contributed by atoms with E-state index in [4.69, 9.17) is 0 Å². The van der Waals surface area contributed by atoms with E-state index in [0.717, 1.165) is 11.3 Å². The van der Waals surface area contributed by atoms with Crippen molar-refractivity contribution >= 4 is 11.6 Å². The second-order valence-corrected chi connectivity index (χ2v) is 6.58. The topological polar surface area (TPSA) is 41.1 Å². The number of amides is 1. The van der Waals surface area contributed by atoms with E-state index in [-0.39, 0.29) is 11.9 Å². The molecular weight excluding hydrogens is 296 g/mol. The van der Waals surface area contributed by atoms with E-state index in [2.05, 4.69) is 49.6 Å². The zero-order valence-corrected chi connectivity index (χ0v) is 15.1. The Morgan fingerprint density at radius 1 is 1.00 bits per heavy atom. The highest BCUT2D eigenvalue weighted by atomic mass is 16.1. The van der Waals surface area contributed by atoms with Crippen LogP contribution in [0.5, 0.6) is 0 Å². The number of benzene rings is 2. The molecule has 1 atom stereocenters. The van der Waals surface area contributed by atoms with Crippen LogP contribution in [0.25, 0.3) is 0 Å². The Morgan fingerprint density at radius 3 is 2.38 bits per heavy atom. The fourth-order valence-electron chi connectivity index (χ4n) is 2.81. The van der Waals surface area contributed by atoms with Gasteiger partial charge in [-0.1, -0.05) is 62.4 Å². The molecule has 0 fully saturated rings. The van der Waals surface area contributed by atoms with Crippen molar-refractivity contribution in [2.45, 2.75) is 46.1 Å². The van der Waals surface area contributed by atoms with E-state index in [1.165, 1.54) is 11.1 Å². The molecule has 0 aliphatic heterocycles. The van der Waals surface area contributed by atoms with Gasteiger partial charge in [-0.2, -0.15) is 0 Å². The Hall–Kier alpha value is -2.13. The normalized spacial score (nSPS) is 12.2. The van der Waals surface area contributed by atoms with Gasteiger partial charge < -0.3 is 10.6 Å². The molecule has 0 saturated carbocycles. The molecule has 2 aromatic carbocycles. The molecule has 1 amide bonds. The van der Waals surface area contributed by atoms with Gasteiger partial charge in [0.25, 0.3) is 0 Å². The Morgan fingerprint density at radius 2 is 1.71 bits per heavy atom. The molecule has 0 aliphatic rings. The molecule has 0 aromatic heterocycles. The smallest absolute Gasteiger partial charge is 0.225 e. The minimum Gasteiger partial charge on any atom is -0.326 e. The molecule has 0 saturated heterocycles. The predicted molar refractivity (Wildman–Crippen MR) is 101 cm³/mol. The van der Waals surface area contributed by atoms with Gasteiger partial charge in [0.15, 0.2) is 0 Å². The Balaban J connectivity index is 1.88. The highest BCUT2D eigenvalue weighted by Crippen LogP contribution is 2.27. The van der Waals surface area contributed by atoms with E-state index in [0.29, 0.717) is 18.9 Å². The van der Waals surface area contributed by atoms with E-state index in [9.17, 15) is 4.79 Å². The number of rotatable bonds is 7. The monoisotopic (exact) mass is 324 g/mol. The summed E-state index contributed by atoms with van der Waals surface area (Å²) in [6, 6.07) is 16.7. The Kier molecular flexibility index (Phi) is 6.56. The van der Waals surface area contributed by atoms with Gasteiger partial charge in [0.2, 0.25) is 5.91 Å². The SMILES string of the molecule is Cc1cccc(C(C)C)c1NC(=O)CCNC(C)c1ccccc1. The van der Waals surface area contributed by atoms with Crippen molar-refractivity contribution in [1.29, 1.82) is 0 Å². The third-order valence-electron chi connectivity index (χ3n) is 4.29. The molecule has 128 valence electrons. The summed E-state index contributed by atoms with van der Waals surface area (Å²) in [5.41, 5.74) is 4.50. The molecule has 3 heteroatoms. The number of carbonyl (C=O) groups excluding carboxylic acids is 1. The maximum absolute atomic E-state index is 12.3.